The number of aryl methyl sites for hydroxylation is 1. The van der Waals surface area contributed by atoms with Crippen LogP contribution in [0.5, 0.6) is 0 Å². The Balaban J connectivity index is 2.72. The van der Waals surface area contributed by atoms with E-state index in [9.17, 15) is 13.2 Å². The molecule has 0 fully saturated rings. The van der Waals surface area contributed by atoms with Crippen molar-refractivity contribution in [3.05, 3.63) is 35.1 Å². The SMILES string of the molecule is NOCCCc1cc(F)c(F)cc1F. The highest BCUT2D eigenvalue weighted by molar-refractivity contribution is 5.20. The fourth-order valence-electron chi connectivity index (χ4n) is 1.10. The van der Waals surface area contributed by atoms with Crippen molar-refractivity contribution in [1.29, 1.82) is 0 Å². The van der Waals surface area contributed by atoms with Crippen LogP contribution in [-0.2, 0) is 11.3 Å². The summed E-state index contributed by atoms with van der Waals surface area (Å²) in [6.07, 6.45) is 0.721. The molecule has 0 amide bonds. The minimum atomic E-state index is -1.18. The van der Waals surface area contributed by atoms with Crippen LogP contribution < -0.4 is 5.90 Å². The van der Waals surface area contributed by atoms with Crippen molar-refractivity contribution >= 4 is 0 Å². The van der Waals surface area contributed by atoms with Crippen molar-refractivity contribution in [2.24, 2.45) is 5.90 Å². The van der Waals surface area contributed by atoms with Gasteiger partial charge < -0.3 is 4.84 Å². The Morgan fingerprint density at radius 1 is 1.07 bits per heavy atom. The van der Waals surface area contributed by atoms with E-state index < -0.39 is 17.5 Å². The van der Waals surface area contributed by atoms with Gasteiger partial charge in [-0.05, 0) is 24.5 Å². The minimum Gasteiger partial charge on any atom is -0.305 e. The van der Waals surface area contributed by atoms with Gasteiger partial charge in [-0.25, -0.2) is 19.1 Å². The zero-order valence-corrected chi connectivity index (χ0v) is 7.40. The predicted molar refractivity (Wildman–Crippen MR) is 44.8 cm³/mol. The van der Waals surface area contributed by atoms with Crippen molar-refractivity contribution in [3.8, 4) is 0 Å². The first-order valence-electron chi connectivity index (χ1n) is 4.10. The Bertz CT molecular complexity index is 317. The third kappa shape index (κ3) is 2.71. The lowest BCUT2D eigenvalue weighted by Gasteiger charge is -2.03. The van der Waals surface area contributed by atoms with Crippen molar-refractivity contribution < 1.29 is 18.0 Å². The Labute approximate surface area is 79.4 Å². The summed E-state index contributed by atoms with van der Waals surface area (Å²) in [7, 11) is 0. The molecule has 1 aromatic rings. The van der Waals surface area contributed by atoms with Gasteiger partial charge >= 0.3 is 0 Å². The van der Waals surface area contributed by atoms with E-state index in [4.69, 9.17) is 5.90 Å². The summed E-state index contributed by atoms with van der Waals surface area (Å²) in [6, 6.07) is 1.38. The van der Waals surface area contributed by atoms with Gasteiger partial charge in [0.15, 0.2) is 11.6 Å². The molecule has 0 saturated carbocycles. The summed E-state index contributed by atoms with van der Waals surface area (Å²) < 4.78 is 38.1. The molecule has 0 aliphatic carbocycles. The van der Waals surface area contributed by atoms with E-state index in [1.54, 1.807) is 0 Å². The molecule has 0 aromatic heterocycles. The molecule has 2 nitrogen and oxygen atoms in total. The molecule has 78 valence electrons. The Kier molecular flexibility index (Phi) is 3.91. The predicted octanol–water partition coefficient (Wildman–Crippen LogP) is 1.93. The van der Waals surface area contributed by atoms with Crippen LogP contribution in [0.1, 0.15) is 12.0 Å². The molecule has 2 N–H and O–H groups in total. The van der Waals surface area contributed by atoms with Crippen LogP contribution in [0.3, 0.4) is 0 Å². The highest BCUT2D eigenvalue weighted by Gasteiger charge is 2.08. The maximum atomic E-state index is 13.0. The lowest BCUT2D eigenvalue weighted by atomic mass is 10.1. The summed E-state index contributed by atoms with van der Waals surface area (Å²) in [6.45, 7) is 0.248. The molecule has 0 bridgehead atoms. The van der Waals surface area contributed by atoms with E-state index >= 15 is 0 Å². The van der Waals surface area contributed by atoms with Crippen molar-refractivity contribution in [3.63, 3.8) is 0 Å². The molecule has 0 radical (unpaired) electrons. The number of rotatable bonds is 4. The normalized spacial score (nSPS) is 10.6. The number of hydrogen-bond acceptors (Lipinski definition) is 2. The third-order valence-electron chi connectivity index (χ3n) is 1.80. The van der Waals surface area contributed by atoms with Crippen LogP contribution in [0, 0.1) is 17.5 Å². The number of benzene rings is 1. The van der Waals surface area contributed by atoms with E-state index in [0.717, 1.165) is 6.07 Å². The first-order chi connectivity index (χ1) is 6.65. The molecular formula is C9H10F3NO. The quantitative estimate of drug-likeness (QED) is 0.463. The van der Waals surface area contributed by atoms with Gasteiger partial charge in [0.25, 0.3) is 0 Å². The molecule has 0 aliphatic rings. The van der Waals surface area contributed by atoms with E-state index in [1.165, 1.54) is 0 Å². The van der Waals surface area contributed by atoms with Crippen molar-refractivity contribution in [2.45, 2.75) is 12.8 Å². The molecule has 0 aliphatic heterocycles. The molecule has 14 heavy (non-hydrogen) atoms. The molecule has 0 saturated heterocycles. The first-order valence-corrected chi connectivity index (χ1v) is 4.10. The zero-order valence-electron chi connectivity index (χ0n) is 7.40. The smallest absolute Gasteiger partial charge is 0.161 e. The maximum Gasteiger partial charge on any atom is 0.161 e. The van der Waals surface area contributed by atoms with Crippen LogP contribution in [-0.4, -0.2) is 6.61 Å². The largest absolute Gasteiger partial charge is 0.305 e. The average molecular weight is 205 g/mol. The van der Waals surface area contributed by atoms with Gasteiger partial charge in [-0.2, -0.15) is 0 Å². The van der Waals surface area contributed by atoms with Gasteiger partial charge in [0.2, 0.25) is 0 Å². The first kappa shape index (κ1) is 11.0. The molecule has 1 rings (SSSR count). The van der Waals surface area contributed by atoms with Crippen molar-refractivity contribution in [1.82, 2.24) is 0 Å². The van der Waals surface area contributed by atoms with E-state index in [1.807, 2.05) is 0 Å². The number of nitrogens with two attached hydrogens (primary N) is 1. The molecule has 0 unspecified atom stereocenters. The van der Waals surface area contributed by atoms with Gasteiger partial charge in [-0.1, -0.05) is 0 Å². The third-order valence-corrected chi connectivity index (χ3v) is 1.80. The molecule has 5 heteroatoms. The number of hydrogen-bond donors (Lipinski definition) is 1. The zero-order chi connectivity index (χ0) is 10.6. The minimum absolute atomic E-state index is 0.126. The van der Waals surface area contributed by atoms with Crippen LogP contribution in [0.2, 0.25) is 0 Å². The Morgan fingerprint density at radius 2 is 1.71 bits per heavy atom. The molecule has 1 aromatic carbocycles. The molecule has 0 spiro atoms. The van der Waals surface area contributed by atoms with Crippen LogP contribution in [0.25, 0.3) is 0 Å². The van der Waals surface area contributed by atoms with Crippen LogP contribution in [0.4, 0.5) is 13.2 Å². The van der Waals surface area contributed by atoms with Gasteiger partial charge in [0.05, 0.1) is 6.61 Å². The number of halogens is 3. The van der Waals surface area contributed by atoms with E-state index in [0.29, 0.717) is 12.5 Å². The standard InChI is InChI=1S/C9H10F3NO/c10-7-5-9(12)8(11)4-6(7)2-1-3-14-13/h4-5H,1-3,13H2. The molecule has 0 heterocycles. The fraction of sp³-hybridized carbons (Fsp3) is 0.333. The monoisotopic (exact) mass is 205 g/mol. The summed E-state index contributed by atoms with van der Waals surface area (Å²) in [5.41, 5.74) is 0.126. The van der Waals surface area contributed by atoms with Crippen molar-refractivity contribution in [2.75, 3.05) is 6.61 Å². The second kappa shape index (κ2) is 4.97. The summed E-state index contributed by atoms with van der Waals surface area (Å²) in [5, 5.41) is 0. The molecule has 0 atom stereocenters. The van der Waals surface area contributed by atoms with E-state index in [-0.39, 0.29) is 18.6 Å². The van der Waals surface area contributed by atoms with E-state index in [2.05, 4.69) is 4.84 Å². The Hall–Kier alpha value is -1.07. The second-order valence-electron chi connectivity index (χ2n) is 2.83. The van der Waals surface area contributed by atoms with Gasteiger partial charge in [-0.3, -0.25) is 0 Å². The fourth-order valence-corrected chi connectivity index (χ4v) is 1.10. The van der Waals surface area contributed by atoms with Crippen LogP contribution in [0.15, 0.2) is 12.1 Å². The summed E-state index contributed by atoms with van der Waals surface area (Å²) in [4.78, 5) is 4.27. The van der Waals surface area contributed by atoms with Gasteiger partial charge in [-0.15, -0.1) is 0 Å². The second-order valence-corrected chi connectivity index (χ2v) is 2.83. The lowest BCUT2D eigenvalue weighted by molar-refractivity contribution is 0.135. The summed E-state index contributed by atoms with van der Waals surface area (Å²) >= 11 is 0. The van der Waals surface area contributed by atoms with Crippen LogP contribution >= 0.6 is 0 Å². The summed E-state index contributed by atoms with van der Waals surface area (Å²) in [5.74, 6) is 1.78. The topological polar surface area (TPSA) is 35.2 Å². The van der Waals surface area contributed by atoms with Gasteiger partial charge in [0, 0.05) is 6.07 Å². The average Bonchev–Trinajstić information content (AvgIpc) is 2.14. The highest BCUT2D eigenvalue weighted by atomic mass is 19.2. The Morgan fingerprint density at radius 3 is 2.36 bits per heavy atom. The van der Waals surface area contributed by atoms with Gasteiger partial charge in [0.1, 0.15) is 5.82 Å². The lowest BCUT2D eigenvalue weighted by Crippen LogP contribution is -2.03. The molecular weight excluding hydrogens is 195 g/mol. The maximum absolute atomic E-state index is 13.0. The highest BCUT2D eigenvalue weighted by Crippen LogP contribution is 2.15.